The fraction of sp³-hybridized carbons (Fsp3) is 0.0625. The topological polar surface area (TPSA) is 0 Å². The summed E-state index contributed by atoms with van der Waals surface area (Å²) in [5.41, 5.74) is 2.89. The number of allylic oxidation sites excluding steroid dienone is 4. The Labute approximate surface area is 199 Å². The van der Waals surface area contributed by atoms with E-state index in [2.05, 4.69) is 107 Å². The molecule has 0 bridgehead atoms. The van der Waals surface area contributed by atoms with Gasteiger partial charge >= 0.3 is 0 Å². The summed E-state index contributed by atoms with van der Waals surface area (Å²) in [7, 11) is 0. The number of fused-ring (bicyclic) bond motifs is 7. The van der Waals surface area contributed by atoms with Gasteiger partial charge in [-0.25, -0.2) is 0 Å². The molecule has 0 spiro atoms. The Hall–Kier alpha value is -3.42. The zero-order valence-electron chi connectivity index (χ0n) is 18.0. The van der Waals surface area contributed by atoms with E-state index < -0.39 is 0 Å². The molecule has 0 aliphatic heterocycles. The lowest BCUT2D eigenvalue weighted by atomic mass is 9.87. The average molecular weight is 483 g/mol. The first-order valence-corrected chi connectivity index (χ1v) is 12.4. The van der Waals surface area contributed by atoms with Gasteiger partial charge in [0.2, 0.25) is 0 Å². The van der Waals surface area contributed by atoms with Gasteiger partial charge in [0.25, 0.3) is 0 Å². The minimum Gasteiger partial charge on any atom is -0.0842 e. The number of hydrogen-bond donors (Lipinski definition) is 0. The number of halogens is 1. The fourth-order valence-electron chi connectivity index (χ4n) is 6.44. The van der Waals surface area contributed by atoms with E-state index in [0.717, 1.165) is 12.8 Å². The quantitative estimate of drug-likeness (QED) is 0.218. The van der Waals surface area contributed by atoms with Crippen LogP contribution in [0.25, 0.3) is 70.2 Å². The zero-order valence-corrected chi connectivity index (χ0v) is 19.5. The van der Waals surface area contributed by atoms with Crippen LogP contribution >= 0.6 is 15.9 Å². The largest absolute Gasteiger partial charge is 0.0842 e. The Morgan fingerprint density at radius 1 is 0.515 bits per heavy atom. The highest BCUT2D eigenvalue weighted by Gasteiger charge is 2.25. The first-order valence-electron chi connectivity index (χ1n) is 11.6. The van der Waals surface area contributed by atoms with E-state index in [0.29, 0.717) is 0 Å². The van der Waals surface area contributed by atoms with E-state index in [1.807, 2.05) is 0 Å². The van der Waals surface area contributed by atoms with Gasteiger partial charge in [-0.1, -0.05) is 101 Å². The third-order valence-corrected chi connectivity index (χ3v) is 8.37. The van der Waals surface area contributed by atoms with Gasteiger partial charge in [-0.15, -0.1) is 0 Å². The molecule has 7 aromatic rings. The minimum absolute atomic E-state index is 1.09. The van der Waals surface area contributed by atoms with Crippen molar-refractivity contribution in [3.05, 3.63) is 101 Å². The number of hydrogen-bond acceptors (Lipinski definition) is 0. The second-order valence-corrected chi connectivity index (χ2v) is 10.1. The molecule has 0 N–H and O–H groups in total. The first kappa shape index (κ1) is 18.1. The van der Waals surface area contributed by atoms with Crippen LogP contribution in [0.2, 0.25) is 0 Å². The molecule has 0 saturated heterocycles. The molecule has 1 aliphatic rings. The summed E-state index contributed by atoms with van der Waals surface area (Å²) < 4.78 is 1.17. The van der Waals surface area contributed by atoms with Crippen molar-refractivity contribution in [1.82, 2.24) is 0 Å². The van der Waals surface area contributed by atoms with Crippen molar-refractivity contribution in [2.24, 2.45) is 0 Å². The van der Waals surface area contributed by atoms with E-state index in [9.17, 15) is 0 Å². The molecular formula is C32H19Br. The van der Waals surface area contributed by atoms with Crippen molar-refractivity contribution in [2.45, 2.75) is 12.8 Å². The Morgan fingerprint density at radius 3 is 2.03 bits per heavy atom. The molecule has 154 valence electrons. The van der Waals surface area contributed by atoms with Crippen LogP contribution < -0.4 is 0 Å². The summed E-state index contributed by atoms with van der Waals surface area (Å²) >= 11 is 3.83. The van der Waals surface area contributed by atoms with Gasteiger partial charge < -0.3 is 0 Å². The summed E-state index contributed by atoms with van der Waals surface area (Å²) in [6.07, 6.45) is 9.06. The molecule has 0 fully saturated rings. The average Bonchev–Trinajstić information content (AvgIpc) is 3.38. The Kier molecular flexibility index (Phi) is 3.47. The van der Waals surface area contributed by atoms with Crippen LogP contribution in [-0.4, -0.2) is 0 Å². The van der Waals surface area contributed by atoms with Gasteiger partial charge in [-0.05, 0) is 94.7 Å². The summed E-state index contributed by atoms with van der Waals surface area (Å²) in [6.45, 7) is 0. The molecule has 0 nitrogen and oxygen atoms in total. The van der Waals surface area contributed by atoms with Gasteiger partial charge in [0, 0.05) is 4.47 Å². The molecule has 0 aromatic heterocycles. The van der Waals surface area contributed by atoms with Crippen LogP contribution in [0.3, 0.4) is 0 Å². The predicted molar refractivity (Wildman–Crippen MR) is 148 cm³/mol. The lowest BCUT2D eigenvalue weighted by Crippen LogP contribution is -1.92. The number of benzene rings is 5. The highest BCUT2D eigenvalue weighted by Crippen LogP contribution is 2.52. The smallest absolute Gasteiger partial charge is 0.0254 e. The predicted octanol–water partition coefficient (Wildman–Crippen LogP) is 9.98. The number of rotatable bonds is 1. The zero-order chi connectivity index (χ0) is 21.7. The highest BCUT2D eigenvalue weighted by atomic mass is 79.9. The fourth-order valence-corrected chi connectivity index (χ4v) is 6.90. The minimum atomic E-state index is 1.09. The van der Waals surface area contributed by atoms with Crippen LogP contribution in [0.5, 0.6) is 0 Å². The van der Waals surface area contributed by atoms with Crippen LogP contribution in [0.4, 0.5) is 0 Å². The molecule has 0 unspecified atom stereocenters. The third-order valence-electron chi connectivity index (χ3n) is 7.68. The monoisotopic (exact) mass is 482 g/mol. The van der Waals surface area contributed by atoms with E-state index in [1.165, 1.54) is 80.2 Å². The Balaban J connectivity index is 1.81. The second-order valence-electron chi connectivity index (χ2n) is 9.26. The van der Waals surface area contributed by atoms with Gasteiger partial charge in [0.15, 0.2) is 0 Å². The van der Waals surface area contributed by atoms with Crippen molar-refractivity contribution in [3.8, 4) is 0 Å². The van der Waals surface area contributed by atoms with Crippen molar-refractivity contribution < 1.29 is 0 Å². The highest BCUT2D eigenvalue weighted by molar-refractivity contribution is 9.10. The Morgan fingerprint density at radius 2 is 1.18 bits per heavy atom. The molecule has 0 saturated carbocycles. The van der Waals surface area contributed by atoms with E-state index in [4.69, 9.17) is 0 Å². The molecule has 1 heteroatoms. The summed E-state index contributed by atoms with van der Waals surface area (Å²) in [4.78, 5) is 0. The third kappa shape index (κ3) is 2.16. The molecule has 33 heavy (non-hydrogen) atoms. The summed E-state index contributed by atoms with van der Waals surface area (Å²) in [6, 6.07) is 27.2. The van der Waals surface area contributed by atoms with Crippen molar-refractivity contribution >= 4 is 86.1 Å². The molecule has 7 aromatic carbocycles. The summed E-state index contributed by atoms with van der Waals surface area (Å²) in [5.74, 6) is 0. The lowest BCUT2D eigenvalue weighted by molar-refractivity contribution is 1.06. The normalized spacial score (nSPS) is 14.6. The van der Waals surface area contributed by atoms with Gasteiger partial charge in [0.05, 0.1) is 0 Å². The standard InChI is InChI=1S/C32H19Br/c33-26-17-16-25-28-22(26)13-7-15-24(28)31-27(18-8-2-1-3-9-18)23-14-6-12-20-19-10-4-5-11-21(19)30(29(20)23)32(25)31/h1-2,4-8,10-17H,3,9H2. The molecule has 0 heterocycles. The van der Waals surface area contributed by atoms with E-state index in [-0.39, 0.29) is 0 Å². The molecule has 0 amide bonds. The molecule has 8 rings (SSSR count). The Bertz CT molecular complexity index is 1970. The maximum atomic E-state index is 3.83. The maximum Gasteiger partial charge on any atom is 0.0254 e. The van der Waals surface area contributed by atoms with E-state index in [1.54, 1.807) is 0 Å². The first-order chi connectivity index (χ1) is 16.3. The van der Waals surface area contributed by atoms with Gasteiger partial charge in [-0.2, -0.15) is 0 Å². The van der Waals surface area contributed by atoms with E-state index >= 15 is 0 Å². The molecule has 1 aliphatic carbocycles. The second kappa shape index (κ2) is 6.34. The van der Waals surface area contributed by atoms with Crippen LogP contribution in [-0.2, 0) is 0 Å². The van der Waals surface area contributed by atoms with Crippen LogP contribution in [0, 0.1) is 0 Å². The SMILES string of the molecule is Brc1ccc2c3c1cccc3c1c(C3=CC=CCC3)c3cccc4c5ccccc5c(c34)c21. The van der Waals surface area contributed by atoms with Crippen molar-refractivity contribution in [1.29, 1.82) is 0 Å². The van der Waals surface area contributed by atoms with Gasteiger partial charge in [0.1, 0.15) is 0 Å². The van der Waals surface area contributed by atoms with Gasteiger partial charge in [-0.3, -0.25) is 0 Å². The van der Waals surface area contributed by atoms with Crippen LogP contribution in [0.1, 0.15) is 18.4 Å². The molecule has 0 radical (unpaired) electrons. The lowest BCUT2D eigenvalue weighted by Gasteiger charge is -2.16. The summed E-state index contributed by atoms with van der Waals surface area (Å²) in [5, 5.41) is 16.6. The van der Waals surface area contributed by atoms with Crippen molar-refractivity contribution in [2.75, 3.05) is 0 Å². The van der Waals surface area contributed by atoms with Crippen LogP contribution in [0.15, 0.2) is 95.5 Å². The molecular weight excluding hydrogens is 464 g/mol. The maximum absolute atomic E-state index is 3.83. The van der Waals surface area contributed by atoms with Crippen molar-refractivity contribution in [3.63, 3.8) is 0 Å². The molecule has 0 atom stereocenters.